The quantitative estimate of drug-likeness (QED) is 0.158. The molecule has 0 atom stereocenters. The smallest absolute Gasteiger partial charge is 0.0547 e. The van der Waals surface area contributed by atoms with Gasteiger partial charge in [0, 0.05) is 33.5 Å². The number of fused-ring (bicyclic) bond motifs is 6. The van der Waals surface area contributed by atoms with Crippen LogP contribution < -0.4 is 4.90 Å². The Hall–Kier alpha value is -7.68. The lowest BCUT2D eigenvalue weighted by molar-refractivity contribution is 1.18. The number of benzene rings is 10. The molecule has 0 saturated carbocycles. The van der Waals surface area contributed by atoms with Gasteiger partial charge in [0.15, 0.2) is 0 Å². The highest BCUT2D eigenvalue weighted by atomic mass is 15.1. The van der Waals surface area contributed by atoms with Crippen LogP contribution in [0.25, 0.3) is 82.4 Å². The fraction of sp³-hybridized carbons (Fsp3) is 0. The van der Waals surface area contributed by atoms with Gasteiger partial charge in [-0.2, -0.15) is 0 Å². The summed E-state index contributed by atoms with van der Waals surface area (Å²) in [6.45, 7) is 0. The largest absolute Gasteiger partial charge is 0.311 e. The fourth-order valence-corrected chi connectivity index (χ4v) is 8.79. The minimum absolute atomic E-state index is 1.10. The summed E-state index contributed by atoms with van der Waals surface area (Å²) < 4.78 is 2.41. The van der Waals surface area contributed by atoms with Crippen LogP contribution in [0.5, 0.6) is 0 Å². The van der Waals surface area contributed by atoms with Crippen LogP contribution in [0, 0.1) is 0 Å². The van der Waals surface area contributed by atoms with Crippen LogP contribution in [0.4, 0.5) is 17.1 Å². The van der Waals surface area contributed by atoms with E-state index in [9.17, 15) is 0 Å². The van der Waals surface area contributed by atoms with E-state index in [1.54, 1.807) is 0 Å². The van der Waals surface area contributed by atoms with Gasteiger partial charge in [0.2, 0.25) is 0 Å². The zero-order valence-electron chi connectivity index (χ0n) is 31.8. The molecule has 1 aromatic heterocycles. The van der Waals surface area contributed by atoms with E-state index in [0.29, 0.717) is 0 Å². The molecule has 0 aliphatic carbocycles. The lowest BCUT2D eigenvalue weighted by Crippen LogP contribution is -2.09. The average molecular weight is 739 g/mol. The normalized spacial score (nSPS) is 11.4. The maximum Gasteiger partial charge on any atom is 0.0547 e. The van der Waals surface area contributed by atoms with Gasteiger partial charge in [-0.1, -0.05) is 170 Å². The standard InChI is InChI=1S/C56H38N2/c1-2-12-39(13-3-1)40-24-31-46(32-25-40)57(48-35-28-44(29-36-48)51-22-11-16-42-14-4-6-19-50(42)51)47-33-26-41(27-34-47)45-17-10-18-49(38-45)58-54-23-9-8-21-53(54)56-52-20-7-5-15-43(52)30-37-55(56)58/h1-38H. The molecule has 0 aliphatic rings. The Morgan fingerprint density at radius 2 is 0.793 bits per heavy atom. The molecule has 0 unspecified atom stereocenters. The second kappa shape index (κ2) is 14.1. The molecule has 2 nitrogen and oxygen atoms in total. The highest BCUT2D eigenvalue weighted by molar-refractivity contribution is 6.21. The number of para-hydroxylation sites is 1. The minimum atomic E-state index is 1.10. The molecule has 0 spiro atoms. The molecule has 0 fully saturated rings. The Kier molecular flexibility index (Phi) is 8.19. The third kappa shape index (κ3) is 5.82. The van der Waals surface area contributed by atoms with Crippen molar-refractivity contribution in [1.29, 1.82) is 0 Å². The van der Waals surface area contributed by atoms with E-state index in [4.69, 9.17) is 0 Å². The Morgan fingerprint density at radius 3 is 1.50 bits per heavy atom. The van der Waals surface area contributed by atoms with Crippen LogP contribution >= 0.6 is 0 Å². The summed E-state index contributed by atoms with van der Waals surface area (Å²) in [5.74, 6) is 0. The number of rotatable bonds is 7. The lowest BCUT2D eigenvalue weighted by atomic mass is 9.98. The van der Waals surface area contributed by atoms with E-state index in [2.05, 4.69) is 240 Å². The highest BCUT2D eigenvalue weighted by Crippen LogP contribution is 2.40. The van der Waals surface area contributed by atoms with Gasteiger partial charge in [-0.15, -0.1) is 0 Å². The van der Waals surface area contributed by atoms with Crippen LogP contribution in [0.3, 0.4) is 0 Å². The number of anilines is 3. The zero-order chi connectivity index (χ0) is 38.4. The number of hydrogen-bond acceptors (Lipinski definition) is 1. The predicted molar refractivity (Wildman–Crippen MR) is 247 cm³/mol. The molecular formula is C56H38N2. The van der Waals surface area contributed by atoms with Gasteiger partial charge in [0.25, 0.3) is 0 Å². The molecule has 272 valence electrons. The van der Waals surface area contributed by atoms with E-state index < -0.39 is 0 Å². The summed E-state index contributed by atoms with van der Waals surface area (Å²) in [6.07, 6.45) is 0. The van der Waals surface area contributed by atoms with Gasteiger partial charge in [-0.3, -0.25) is 0 Å². The van der Waals surface area contributed by atoms with E-state index in [0.717, 1.165) is 22.7 Å². The molecule has 0 amide bonds. The Morgan fingerprint density at radius 1 is 0.293 bits per heavy atom. The van der Waals surface area contributed by atoms with Crippen LogP contribution in [-0.2, 0) is 0 Å². The lowest BCUT2D eigenvalue weighted by Gasteiger charge is -2.26. The molecule has 0 radical (unpaired) electrons. The van der Waals surface area contributed by atoms with Crippen molar-refractivity contribution in [3.8, 4) is 39.1 Å². The first-order valence-corrected chi connectivity index (χ1v) is 19.9. The Balaban J connectivity index is 0.980. The van der Waals surface area contributed by atoms with E-state index in [-0.39, 0.29) is 0 Å². The van der Waals surface area contributed by atoms with Crippen molar-refractivity contribution >= 4 is 60.4 Å². The zero-order valence-corrected chi connectivity index (χ0v) is 31.8. The van der Waals surface area contributed by atoms with E-state index in [1.807, 2.05) is 0 Å². The first-order valence-electron chi connectivity index (χ1n) is 19.9. The van der Waals surface area contributed by atoms with Crippen LogP contribution in [0.15, 0.2) is 231 Å². The molecule has 0 saturated heterocycles. The third-order valence-corrected chi connectivity index (χ3v) is 11.6. The van der Waals surface area contributed by atoms with E-state index >= 15 is 0 Å². The first-order chi connectivity index (χ1) is 28.8. The van der Waals surface area contributed by atoms with Gasteiger partial charge in [0.05, 0.1) is 11.0 Å². The van der Waals surface area contributed by atoms with Crippen molar-refractivity contribution in [2.24, 2.45) is 0 Å². The molecule has 1 heterocycles. The highest BCUT2D eigenvalue weighted by Gasteiger charge is 2.17. The van der Waals surface area contributed by atoms with Crippen molar-refractivity contribution in [1.82, 2.24) is 4.57 Å². The van der Waals surface area contributed by atoms with Crippen molar-refractivity contribution < 1.29 is 0 Å². The van der Waals surface area contributed by atoms with Gasteiger partial charge in [0.1, 0.15) is 0 Å². The topological polar surface area (TPSA) is 8.17 Å². The molecule has 10 aromatic carbocycles. The molecule has 0 bridgehead atoms. The SMILES string of the molecule is c1ccc(-c2ccc(N(c3ccc(-c4cccc(-n5c6ccccc6c6c7ccccc7ccc65)c4)cc3)c3ccc(-c4cccc5ccccc45)cc3)cc2)cc1. The van der Waals surface area contributed by atoms with Crippen molar-refractivity contribution in [3.05, 3.63) is 231 Å². The van der Waals surface area contributed by atoms with E-state index in [1.165, 1.54) is 76.7 Å². The predicted octanol–water partition coefficient (Wildman–Crippen LogP) is 15.6. The molecule has 11 aromatic rings. The molecular weight excluding hydrogens is 701 g/mol. The maximum atomic E-state index is 2.41. The molecule has 2 heteroatoms. The molecule has 0 N–H and O–H groups in total. The molecule has 58 heavy (non-hydrogen) atoms. The van der Waals surface area contributed by atoms with Gasteiger partial charge >= 0.3 is 0 Å². The number of hydrogen-bond donors (Lipinski definition) is 0. The second-order valence-electron chi connectivity index (χ2n) is 15.0. The number of aromatic nitrogens is 1. The van der Waals surface area contributed by atoms with Crippen molar-refractivity contribution in [2.75, 3.05) is 4.90 Å². The summed E-state index contributed by atoms with van der Waals surface area (Å²) in [4.78, 5) is 2.35. The number of nitrogens with zero attached hydrogens (tertiary/aromatic N) is 2. The summed E-state index contributed by atoms with van der Waals surface area (Å²) in [5, 5.41) is 7.62. The second-order valence-corrected chi connectivity index (χ2v) is 15.0. The van der Waals surface area contributed by atoms with Crippen molar-refractivity contribution in [2.45, 2.75) is 0 Å². The van der Waals surface area contributed by atoms with Crippen LogP contribution in [0.1, 0.15) is 0 Å². The van der Waals surface area contributed by atoms with Gasteiger partial charge in [-0.05, 0) is 116 Å². The fourth-order valence-electron chi connectivity index (χ4n) is 8.79. The monoisotopic (exact) mass is 738 g/mol. The van der Waals surface area contributed by atoms with Crippen molar-refractivity contribution in [3.63, 3.8) is 0 Å². The minimum Gasteiger partial charge on any atom is -0.311 e. The van der Waals surface area contributed by atoms with Gasteiger partial charge < -0.3 is 9.47 Å². The van der Waals surface area contributed by atoms with Crippen LogP contribution in [-0.4, -0.2) is 4.57 Å². The van der Waals surface area contributed by atoms with Gasteiger partial charge in [-0.25, -0.2) is 0 Å². The average Bonchev–Trinajstić information content (AvgIpc) is 3.65. The Labute approximate surface area is 338 Å². The molecule has 11 rings (SSSR count). The molecule has 0 aliphatic heterocycles. The van der Waals surface area contributed by atoms with Crippen LogP contribution in [0.2, 0.25) is 0 Å². The summed E-state index contributed by atoms with van der Waals surface area (Å²) in [6, 6.07) is 83.6. The first kappa shape index (κ1) is 33.6. The maximum absolute atomic E-state index is 2.41. The summed E-state index contributed by atoms with van der Waals surface area (Å²) >= 11 is 0. The summed E-state index contributed by atoms with van der Waals surface area (Å²) in [7, 11) is 0. The Bertz CT molecular complexity index is 3240. The third-order valence-electron chi connectivity index (χ3n) is 11.6. The summed E-state index contributed by atoms with van der Waals surface area (Å²) in [5.41, 5.74) is 14.1.